The monoisotopic (exact) mass is 231 g/mol. The number of alkyl halides is 3. The Labute approximate surface area is 93.5 Å². The standard InChI is InChI=1S/C12H16F3N/c1-11(2,3)7-8-4-5-9(16)6-10(8)12(13,14)15/h4-6H,7,16H2,1-3H3. The van der Waals surface area contributed by atoms with E-state index in [4.69, 9.17) is 5.73 Å². The smallest absolute Gasteiger partial charge is 0.399 e. The molecule has 0 amide bonds. The molecule has 0 aromatic heterocycles. The van der Waals surface area contributed by atoms with Crippen molar-refractivity contribution in [3.8, 4) is 0 Å². The lowest BCUT2D eigenvalue weighted by atomic mass is 9.86. The number of rotatable bonds is 1. The van der Waals surface area contributed by atoms with Gasteiger partial charge in [0.05, 0.1) is 5.56 Å². The molecule has 1 rings (SSSR count). The second kappa shape index (κ2) is 4.00. The van der Waals surface area contributed by atoms with Crippen LogP contribution < -0.4 is 5.73 Å². The molecule has 1 nitrogen and oxygen atoms in total. The van der Waals surface area contributed by atoms with Crippen molar-refractivity contribution in [3.63, 3.8) is 0 Å². The zero-order chi connectivity index (χ0) is 12.6. The Hall–Kier alpha value is -1.19. The summed E-state index contributed by atoms with van der Waals surface area (Å²) in [4.78, 5) is 0. The minimum atomic E-state index is -4.34. The van der Waals surface area contributed by atoms with E-state index in [1.165, 1.54) is 12.1 Å². The predicted molar refractivity (Wildman–Crippen MR) is 59.0 cm³/mol. The van der Waals surface area contributed by atoms with Crippen molar-refractivity contribution >= 4 is 5.69 Å². The topological polar surface area (TPSA) is 26.0 Å². The van der Waals surface area contributed by atoms with Gasteiger partial charge in [-0.2, -0.15) is 13.2 Å². The van der Waals surface area contributed by atoms with Gasteiger partial charge in [0.2, 0.25) is 0 Å². The number of nitrogens with two attached hydrogens (primary N) is 1. The Morgan fingerprint density at radius 2 is 1.69 bits per heavy atom. The van der Waals surface area contributed by atoms with Gasteiger partial charge in [0, 0.05) is 5.69 Å². The number of nitrogen functional groups attached to an aromatic ring is 1. The van der Waals surface area contributed by atoms with Crippen molar-refractivity contribution in [2.45, 2.75) is 33.4 Å². The van der Waals surface area contributed by atoms with Crippen LogP contribution in [-0.2, 0) is 12.6 Å². The van der Waals surface area contributed by atoms with Gasteiger partial charge < -0.3 is 5.73 Å². The van der Waals surface area contributed by atoms with Crippen LogP contribution in [-0.4, -0.2) is 0 Å². The molecule has 0 unspecified atom stereocenters. The van der Waals surface area contributed by atoms with Crippen LogP contribution in [0.25, 0.3) is 0 Å². The quantitative estimate of drug-likeness (QED) is 0.729. The fourth-order valence-electron chi connectivity index (χ4n) is 1.58. The molecule has 0 fully saturated rings. The highest BCUT2D eigenvalue weighted by Gasteiger charge is 2.34. The maximum absolute atomic E-state index is 12.7. The lowest BCUT2D eigenvalue weighted by Gasteiger charge is -2.21. The molecule has 0 atom stereocenters. The number of hydrogen-bond donors (Lipinski definition) is 1. The highest BCUT2D eigenvalue weighted by atomic mass is 19.4. The predicted octanol–water partition coefficient (Wildman–Crippen LogP) is 3.88. The summed E-state index contributed by atoms with van der Waals surface area (Å²) in [6.45, 7) is 5.72. The van der Waals surface area contributed by atoms with Gasteiger partial charge in [-0.3, -0.25) is 0 Å². The fourth-order valence-corrected chi connectivity index (χ4v) is 1.58. The van der Waals surface area contributed by atoms with Crippen LogP contribution in [0.1, 0.15) is 31.9 Å². The van der Waals surface area contributed by atoms with E-state index in [0.717, 1.165) is 6.07 Å². The third-order valence-corrected chi connectivity index (χ3v) is 2.16. The first kappa shape index (κ1) is 12.9. The van der Waals surface area contributed by atoms with E-state index in [0.29, 0.717) is 12.0 Å². The molecule has 0 aliphatic carbocycles. The van der Waals surface area contributed by atoms with Crippen LogP contribution in [0.15, 0.2) is 18.2 Å². The average Bonchev–Trinajstić information content (AvgIpc) is 2.04. The van der Waals surface area contributed by atoms with Gasteiger partial charge in [-0.05, 0) is 29.5 Å². The van der Waals surface area contributed by atoms with Crippen molar-refractivity contribution in [2.24, 2.45) is 5.41 Å². The van der Waals surface area contributed by atoms with Crippen molar-refractivity contribution in [1.29, 1.82) is 0 Å². The van der Waals surface area contributed by atoms with Gasteiger partial charge in [-0.15, -0.1) is 0 Å². The number of hydrogen-bond acceptors (Lipinski definition) is 1. The largest absolute Gasteiger partial charge is 0.416 e. The zero-order valence-corrected chi connectivity index (χ0v) is 9.65. The molecule has 1 aromatic carbocycles. The van der Waals surface area contributed by atoms with Crippen molar-refractivity contribution in [1.82, 2.24) is 0 Å². The summed E-state index contributed by atoms with van der Waals surface area (Å²) in [6, 6.07) is 3.97. The van der Waals surface area contributed by atoms with Crippen LogP contribution in [0.2, 0.25) is 0 Å². The molecule has 0 aliphatic heterocycles. The molecule has 4 heteroatoms. The zero-order valence-electron chi connectivity index (χ0n) is 9.65. The lowest BCUT2D eigenvalue weighted by molar-refractivity contribution is -0.138. The van der Waals surface area contributed by atoms with Gasteiger partial charge in [0.15, 0.2) is 0 Å². The third-order valence-electron chi connectivity index (χ3n) is 2.16. The molecule has 0 radical (unpaired) electrons. The van der Waals surface area contributed by atoms with Crippen LogP contribution >= 0.6 is 0 Å². The first-order valence-corrected chi connectivity index (χ1v) is 5.05. The Bertz CT molecular complexity index is 375. The molecular formula is C12H16F3N. The van der Waals surface area contributed by atoms with Gasteiger partial charge in [-0.25, -0.2) is 0 Å². The van der Waals surface area contributed by atoms with E-state index in [1.54, 1.807) is 0 Å². The Kier molecular flexibility index (Phi) is 3.22. The Balaban J connectivity index is 3.19. The summed E-state index contributed by atoms with van der Waals surface area (Å²) in [5, 5.41) is 0. The molecule has 0 bridgehead atoms. The highest BCUT2D eigenvalue weighted by molar-refractivity contribution is 5.46. The maximum atomic E-state index is 12.7. The summed E-state index contributed by atoms with van der Waals surface area (Å²) in [5.41, 5.74) is 5.02. The van der Waals surface area contributed by atoms with Gasteiger partial charge >= 0.3 is 6.18 Å². The normalized spacial score (nSPS) is 12.9. The molecule has 0 aliphatic rings. The molecule has 0 heterocycles. The second-order valence-corrected chi connectivity index (χ2v) is 5.15. The van der Waals surface area contributed by atoms with Gasteiger partial charge in [0.25, 0.3) is 0 Å². The van der Waals surface area contributed by atoms with Crippen LogP contribution in [0.5, 0.6) is 0 Å². The summed E-state index contributed by atoms with van der Waals surface area (Å²) in [6.07, 6.45) is -3.96. The molecule has 16 heavy (non-hydrogen) atoms. The van der Waals surface area contributed by atoms with E-state index in [2.05, 4.69) is 0 Å². The molecule has 1 aromatic rings. The molecule has 0 spiro atoms. The average molecular weight is 231 g/mol. The fraction of sp³-hybridized carbons (Fsp3) is 0.500. The van der Waals surface area contributed by atoms with E-state index in [9.17, 15) is 13.2 Å². The Morgan fingerprint density at radius 3 is 2.12 bits per heavy atom. The highest BCUT2D eigenvalue weighted by Crippen LogP contribution is 2.35. The van der Waals surface area contributed by atoms with Crippen LogP contribution in [0.4, 0.5) is 18.9 Å². The van der Waals surface area contributed by atoms with Crippen molar-refractivity contribution in [3.05, 3.63) is 29.3 Å². The number of anilines is 1. The summed E-state index contributed by atoms with van der Waals surface area (Å²) >= 11 is 0. The molecule has 0 saturated carbocycles. The minimum Gasteiger partial charge on any atom is -0.399 e. The van der Waals surface area contributed by atoms with E-state index < -0.39 is 11.7 Å². The van der Waals surface area contributed by atoms with E-state index in [-0.39, 0.29) is 11.1 Å². The molecule has 2 N–H and O–H groups in total. The van der Waals surface area contributed by atoms with E-state index >= 15 is 0 Å². The molecular weight excluding hydrogens is 215 g/mol. The van der Waals surface area contributed by atoms with Crippen molar-refractivity contribution in [2.75, 3.05) is 5.73 Å². The van der Waals surface area contributed by atoms with E-state index in [1.807, 2.05) is 20.8 Å². The minimum absolute atomic E-state index is 0.144. The summed E-state index contributed by atoms with van der Waals surface area (Å²) in [7, 11) is 0. The SMILES string of the molecule is CC(C)(C)Cc1ccc(N)cc1C(F)(F)F. The van der Waals surface area contributed by atoms with Crippen LogP contribution in [0, 0.1) is 5.41 Å². The Morgan fingerprint density at radius 1 is 1.12 bits per heavy atom. The van der Waals surface area contributed by atoms with Gasteiger partial charge in [-0.1, -0.05) is 26.8 Å². The first-order chi connectivity index (χ1) is 7.09. The van der Waals surface area contributed by atoms with Gasteiger partial charge in [0.1, 0.15) is 0 Å². The summed E-state index contributed by atoms with van der Waals surface area (Å²) < 4.78 is 38.2. The molecule has 90 valence electrons. The van der Waals surface area contributed by atoms with Crippen LogP contribution in [0.3, 0.4) is 0 Å². The third kappa shape index (κ3) is 3.43. The lowest BCUT2D eigenvalue weighted by Crippen LogP contribution is -2.16. The molecule has 0 saturated heterocycles. The van der Waals surface area contributed by atoms with Crippen molar-refractivity contribution < 1.29 is 13.2 Å². The first-order valence-electron chi connectivity index (χ1n) is 5.05. The maximum Gasteiger partial charge on any atom is 0.416 e. The second-order valence-electron chi connectivity index (χ2n) is 5.15. The number of halogens is 3. The summed E-state index contributed by atoms with van der Waals surface area (Å²) in [5.74, 6) is 0. The number of benzene rings is 1.